The van der Waals surface area contributed by atoms with Crippen molar-refractivity contribution >= 4 is 57.7 Å². The zero-order valence-corrected chi connectivity index (χ0v) is 42.2. The molecule has 0 radical (unpaired) electrons. The molecule has 2 aliphatic heterocycles. The molecule has 21 heteroatoms. The van der Waals surface area contributed by atoms with Gasteiger partial charge in [0.05, 0.1) is 29.6 Å². The largest absolute Gasteiger partial charge is 0.477 e. The number of piperazine rings is 1. The first-order chi connectivity index (χ1) is 34.8. The molecule has 2 aliphatic rings. The first-order valence-electron chi connectivity index (χ1n) is 24.4. The SMILES string of the molecule is CC(C)[C@H](C)c1n[nH]c([C@H](C)C(=O)Nc2ccc(CO)cc2)n1.CCn1cc(C(=O)O)c(=O)c2cc(F)c(N3CCN(C(=O)OCc4ccc(NC(=O)[C@@H](C)c5nnc6n5C(=O)C[C@H]6C(C)C)cc4)CC3)cc21. The Balaban J connectivity index is 0.000000284. The van der Waals surface area contributed by atoms with Crippen molar-refractivity contribution in [2.24, 2.45) is 11.8 Å². The van der Waals surface area contributed by atoms with Gasteiger partial charge in [-0.2, -0.15) is 5.10 Å². The van der Waals surface area contributed by atoms with Gasteiger partial charge in [-0.15, -0.1) is 10.2 Å². The summed E-state index contributed by atoms with van der Waals surface area (Å²) in [4.78, 5) is 82.8. The smallest absolute Gasteiger partial charge is 0.410 e. The fourth-order valence-corrected chi connectivity index (χ4v) is 8.52. The van der Waals surface area contributed by atoms with Crippen LogP contribution < -0.4 is 21.0 Å². The number of rotatable bonds is 15. The number of H-pyrrole nitrogens is 1. The highest BCUT2D eigenvalue weighted by Crippen LogP contribution is 2.35. The third kappa shape index (κ3) is 11.8. The number of pyridine rings is 1. The molecular weight excluding hydrogens is 942 g/mol. The molecule has 6 aromatic rings. The number of amides is 3. The molecule has 73 heavy (non-hydrogen) atoms. The van der Waals surface area contributed by atoms with E-state index in [-0.39, 0.29) is 72.9 Å². The van der Waals surface area contributed by atoms with Gasteiger partial charge in [-0.1, -0.05) is 58.9 Å². The summed E-state index contributed by atoms with van der Waals surface area (Å²) in [5.41, 5.74) is 2.25. The topological polar surface area (TPSA) is 260 Å². The molecule has 8 rings (SSSR count). The van der Waals surface area contributed by atoms with Crippen LogP contribution in [0.15, 0.2) is 71.7 Å². The van der Waals surface area contributed by atoms with Crippen molar-refractivity contribution in [2.75, 3.05) is 41.7 Å². The van der Waals surface area contributed by atoms with Crippen molar-refractivity contribution in [3.05, 3.63) is 123 Å². The van der Waals surface area contributed by atoms with Crippen LogP contribution in [0, 0.1) is 17.7 Å². The number of hydrogen-bond donors (Lipinski definition) is 5. The molecule has 0 spiro atoms. The lowest BCUT2D eigenvalue weighted by Crippen LogP contribution is -2.49. The Kier molecular flexibility index (Phi) is 16.5. The molecule has 1 fully saturated rings. The standard InChI is InChI=1S/C35H38FN7O7.C17H24N4O2/c1-5-40-17-25(34(47)48)30(45)24-14-26(36)28(16-27(24)40)41-10-12-42(13-11-41)35(49)50-18-21-6-8-22(9-7-21)37-33(46)20(4)31-38-39-32-23(19(2)3)15-29(44)43(31)32;1-10(2)11(3)15-19-16(21-20-15)12(4)17(23)18-14-7-5-13(9-22)6-8-14/h6-9,14,16-17,19-20,23H,5,10-13,15,18H2,1-4H3,(H,37,46)(H,47,48);5-8,10-12,22H,9H2,1-4H3,(H,18,23)(H,19,20,21)/t20-,23-;11-,12-/m00/s1. The monoisotopic (exact) mass is 1000 g/mol. The number of ether oxygens (including phenoxy) is 1. The number of aromatic nitrogens is 7. The zero-order valence-electron chi connectivity index (χ0n) is 42.2. The Morgan fingerprint density at radius 1 is 0.849 bits per heavy atom. The number of halogens is 1. The van der Waals surface area contributed by atoms with Crippen LogP contribution in [-0.4, -0.2) is 106 Å². The third-order valence-corrected chi connectivity index (χ3v) is 13.6. The van der Waals surface area contributed by atoms with Crippen LogP contribution >= 0.6 is 0 Å². The van der Waals surface area contributed by atoms with E-state index in [1.165, 1.54) is 15.7 Å². The van der Waals surface area contributed by atoms with Crippen LogP contribution in [0.3, 0.4) is 0 Å². The maximum atomic E-state index is 15.2. The second kappa shape index (κ2) is 22.7. The van der Waals surface area contributed by atoms with Gasteiger partial charge in [0.25, 0.3) is 0 Å². The maximum Gasteiger partial charge on any atom is 0.410 e. The van der Waals surface area contributed by atoms with Crippen LogP contribution in [0.4, 0.5) is 26.2 Å². The van der Waals surface area contributed by atoms with E-state index in [4.69, 9.17) is 9.84 Å². The molecule has 0 bridgehead atoms. The summed E-state index contributed by atoms with van der Waals surface area (Å²) >= 11 is 0. The summed E-state index contributed by atoms with van der Waals surface area (Å²) < 4.78 is 23.8. The second-order valence-corrected chi connectivity index (χ2v) is 19.1. The van der Waals surface area contributed by atoms with E-state index in [1.807, 2.05) is 13.8 Å². The number of nitrogens with one attached hydrogen (secondary N) is 3. The second-order valence-electron chi connectivity index (χ2n) is 19.1. The van der Waals surface area contributed by atoms with Crippen molar-refractivity contribution in [2.45, 2.75) is 105 Å². The number of anilines is 3. The molecule has 0 unspecified atom stereocenters. The van der Waals surface area contributed by atoms with Gasteiger partial charge in [0.15, 0.2) is 11.6 Å². The van der Waals surface area contributed by atoms with Gasteiger partial charge in [-0.3, -0.25) is 28.8 Å². The minimum atomic E-state index is -1.37. The normalized spacial score (nSPS) is 15.7. The maximum absolute atomic E-state index is 15.2. The van der Waals surface area contributed by atoms with Gasteiger partial charge in [0, 0.05) is 73.9 Å². The number of carbonyl (C=O) groups is 5. The average Bonchev–Trinajstić information content (AvgIpc) is 4.14. The molecule has 4 atom stereocenters. The lowest BCUT2D eigenvalue weighted by molar-refractivity contribution is -0.118. The minimum absolute atomic E-state index is 0.000861. The fraction of sp³-hybridized carbons (Fsp3) is 0.423. The number of fused-ring (bicyclic) bond motifs is 2. The predicted molar refractivity (Wildman–Crippen MR) is 270 cm³/mol. The fourth-order valence-electron chi connectivity index (χ4n) is 8.52. The Hall–Kier alpha value is -7.81. The van der Waals surface area contributed by atoms with Crippen LogP contribution in [0.1, 0.15) is 135 Å². The number of carboxylic acids is 1. The van der Waals surface area contributed by atoms with Gasteiger partial charge in [-0.25, -0.2) is 19.0 Å². The van der Waals surface area contributed by atoms with Crippen LogP contribution in [0.2, 0.25) is 0 Å². The van der Waals surface area contributed by atoms with E-state index in [9.17, 15) is 33.9 Å². The molecule has 3 aromatic heterocycles. The number of benzene rings is 3. The van der Waals surface area contributed by atoms with E-state index in [1.54, 1.807) is 84.8 Å². The number of aromatic carboxylic acids is 1. The van der Waals surface area contributed by atoms with Crippen LogP contribution in [-0.2, 0) is 34.1 Å². The third-order valence-electron chi connectivity index (χ3n) is 13.6. The van der Waals surface area contributed by atoms with Gasteiger partial charge in [0.2, 0.25) is 23.2 Å². The van der Waals surface area contributed by atoms with E-state index in [0.717, 1.165) is 17.5 Å². The molecular formula is C52H62FN11O9. The Morgan fingerprint density at radius 2 is 1.47 bits per heavy atom. The van der Waals surface area contributed by atoms with E-state index >= 15 is 4.39 Å². The van der Waals surface area contributed by atoms with E-state index in [2.05, 4.69) is 56.8 Å². The minimum Gasteiger partial charge on any atom is -0.477 e. The Morgan fingerprint density at radius 3 is 2.04 bits per heavy atom. The summed E-state index contributed by atoms with van der Waals surface area (Å²) in [5, 5.41) is 39.6. The van der Waals surface area contributed by atoms with E-state index < -0.39 is 40.7 Å². The summed E-state index contributed by atoms with van der Waals surface area (Å²) in [6, 6.07) is 16.6. The predicted octanol–water partition coefficient (Wildman–Crippen LogP) is 7.23. The van der Waals surface area contributed by atoms with Crippen LogP contribution in [0.5, 0.6) is 0 Å². The number of aliphatic hydroxyl groups excluding tert-OH is 1. The first-order valence-corrected chi connectivity index (χ1v) is 24.4. The molecule has 1 saturated heterocycles. The number of nitrogens with zero attached hydrogens (tertiary/aromatic N) is 8. The molecule has 0 saturated carbocycles. The van der Waals surface area contributed by atoms with Gasteiger partial charge >= 0.3 is 12.1 Å². The number of carbonyl (C=O) groups excluding carboxylic acids is 4. The molecule has 5 N–H and O–H groups in total. The Bertz CT molecular complexity index is 3050. The lowest BCUT2D eigenvalue weighted by Gasteiger charge is -2.35. The number of carboxylic acid groups (broad SMARTS) is 1. The molecule has 20 nitrogen and oxygen atoms in total. The number of aromatic amines is 1. The molecule has 3 aromatic carbocycles. The average molecular weight is 1000 g/mol. The number of aryl methyl sites for hydroxylation is 1. The van der Waals surface area contributed by atoms with Crippen LogP contribution in [0.25, 0.3) is 10.9 Å². The molecule has 3 amide bonds. The highest BCUT2D eigenvalue weighted by atomic mass is 19.1. The van der Waals surface area contributed by atoms with Gasteiger partial charge in [-0.05, 0) is 80.1 Å². The van der Waals surface area contributed by atoms with E-state index in [0.29, 0.717) is 71.9 Å². The van der Waals surface area contributed by atoms with Gasteiger partial charge < -0.3 is 40.0 Å². The van der Waals surface area contributed by atoms with Crippen molar-refractivity contribution in [1.29, 1.82) is 0 Å². The zero-order chi connectivity index (χ0) is 52.8. The molecule has 5 heterocycles. The number of hydrogen-bond acceptors (Lipinski definition) is 13. The Labute approximate surface area is 421 Å². The van der Waals surface area contributed by atoms with Gasteiger partial charge in [0.1, 0.15) is 29.6 Å². The molecule has 386 valence electrons. The highest BCUT2D eigenvalue weighted by Gasteiger charge is 2.38. The lowest BCUT2D eigenvalue weighted by atomic mass is 9.94. The summed E-state index contributed by atoms with van der Waals surface area (Å²) in [5.74, 6) is -0.660. The van der Waals surface area contributed by atoms with Crippen molar-refractivity contribution in [3.8, 4) is 0 Å². The van der Waals surface area contributed by atoms with Crippen molar-refractivity contribution in [3.63, 3.8) is 0 Å². The quantitative estimate of drug-likeness (QED) is 0.0680. The summed E-state index contributed by atoms with van der Waals surface area (Å²) in [6.45, 7) is 17.2. The molecule has 0 aliphatic carbocycles. The van der Waals surface area contributed by atoms with Crippen molar-refractivity contribution < 1.29 is 43.3 Å². The summed E-state index contributed by atoms with van der Waals surface area (Å²) in [6.07, 6.45) is 1.09. The first kappa shape index (κ1) is 53.0. The summed E-state index contributed by atoms with van der Waals surface area (Å²) in [7, 11) is 0. The number of aliphatic hydroxyl groups is 1. The highest BCUT2D eigenvalue weighted by molar-refractivity contribution is 5.97. The van der Waals surface area contributed by atoms with Crippen molar-refractivity contribution in [1.82, 2.24) is 39.4 Å².